The van der Waals surface area contributed by atoms with Crippen LogP contribution in [0.25, 0.3) is 0 Å². The number of carbonyl (C=O) groups is 1. The summed E-state index contributed by atoms with van der Waals surface area (Å²) in [6.45, 7) is 2.22. The van der Waals surface area contributed by atoms with Gasteiger partial charge in [0, 0.05) is 44.1 Å². The van der Waals surface area contributed by atoms with Crippen LogP contribution < -0.4 is 10.2 Å². The second kappa shape index (κ2) is 6.73. The van der Waals surface area contributed by atoms with Gasteiger partial charge in [-0.2, -0.15) is 0 Å². The van der Waals surface area contributed by atoms with E-state index >= 15 is 0 Å². The summed E-state index contributed by atoms with van der Waals surface area (Å²) in [7, 11) is 0. The number of halogens is 1. The molecule has 5 rings (SSSR count). The molecule has 27 heavy (non-hydrogen) atoms. The zero-order chi connectivity index (χ0) is 18.4. The summed E-state index contributed by atoms with van der Waals surface area (Å²) in [5, 5.41) is 3.19. The van der Waals surface area contributed by atoms with Gasteiger partial charge in [-0.15, -0.1) is 0 Å². The summed E-state index contributed by atoms with van der Waals surface area (Å²) >= 11 is 0. The lowest BCUT2D eigenvalue weighted by Gasteiger charge is -2.29. The molecule has 146 valence electrons. The van der Waals surface area contributed by atoms with E-state index in [2.05, 4.69) is 15.2 Å². The second-order valence-electron chi connectivity index (χ2n) is 8.90. The van der Waals surface area contributed by atoms with Gasteiger partial charge in [0.2, 0.25) is 5.91 Å². The molecule has 0 radical (unpaired) electrons. The molecular formula is C21H28FN3O2. The first-order valence-corrected chi connectivity index (χ1v) is 10.4. The lowest BCUT2D eigenvalue weighted by molar-refractivity contribution is -0.122. The maximum absolute atomic E-state index is 14.2. The zero-order valence-electron chi connectivity index (χ0n) is 15.7. The van der Waals surface area contributed by atoms with Crippen molar-refractivity contribution in [2.75, 3.05) is 24.5 Å². The minimum atomic E-state index is -0.273. The highest BCUT2D eigenvalue weighted by Crippen LogP contribution is 2.55. The molecule has 1 saturated carbocycles. The molecule has 1 N–H and O–H groups in total. The van der Waals surface area contributed by atoms with E-state index in [1.54, 1.807) is 12.3 Å². The highest BCUT2D eigenvalue weighted by Gasteiger charge is 2.63. The standard InChI is InChI=1S/C21H28FN3O2/c22-17-11-23-8-6-18(17)25-12-16-15(19-5-7-21(16,13-25)27-19)10-24-20(26)9-14-3-1-2-4-14/h6,8,11,14-16,19H,1-5,7,9-10,12-13H2,(H,24,26)/t15-,16+,19+,21+/m0/s1. The summed E-state index contributed by atoms with van der Waals surface area (Å²) in [5.74, 6) is 1.18. The van der Waals surface area contributed by atoms with Crippen molar-refractivity contribution in [3.8, 4) is 0 Å². The van der Waals surface area contributed by atoms with Crippen molar-refractivity contribution < 1.29 is 13.9 Å². The molecule has 4 atom stereocenters. The van der Waals surface area contributed by atoms with Crippen molar-refractivity contribution in [1.82, 2.24) is 10.3 Å². The van der Waals surface area contributed by atoms with Crippen LogP contribution in [-0.4, -0.2) is 42.2 Å². The molecule has 3 aliphatic heterocycles. The van der Waals surface area contributed by atoms with Gasteiger partial charge in [-0.25, -0.2) is 4.39 Å². The number of pyridine rings is 1. The number of nitrogens with zero attached hydrogens (tertiary/aromatic N) is 2. The number of hydrogen-bond acceptors (Lipinski definition) is 4. The maximum atomic E-state index is 14.2. The van der Waals surface area contributed by atoms with E-state index in [0.29, 0.717) is 36.4 Å². The molecule has 0 aromatic carbocycles. The first-order chi connectivity index (χ1) is 13.1. The third kappa shape index (κ3) is 3.02. The first-order valence-electron chi connectivity index (χ1n) is 10.4. The predicted octanol–water partition coefficient (Wildman–Crippen LogP) is 2.90. The molecule has 1 aromatic rings. The zero-order valence-corrected chi connectivity index (χ0v) is 15.7. The Morgan fingerprint density at radius 3 is 3.04 bits per heavy atom. The van der Waals surface area contributed by atoms with Crippen molar-refractivity contribution >= 4 is 11.6 Å². The highest BCUT2D eigenvalue weighted by atomic mass is 19.1. The number of nitrogens with one attached hydrogen (secondary N) is 1. The number of anilines is 1. The lowest BCUT2D eigenvalue weighted by Crippen LogP contribution is -2.42. The molecular weight excluding hydrogens is 345 g/mol. The van der Waals surface area contributed by atoms with Gasteiger partial charge >= 0.3 is 0 Å². The number of fused-ring (bicyclic) bond motifs is 1. The van der Waals surface area contributed by atoms with Gasteiger partial charge in [0.15, 0.2) is 5.82 Å². The smallest absolute Gasteiger partial charge is 0.220 e. The van der Waals surface area contributed by atoms with Crippen LogP contribution in [0.15, 0.2) is 18.5 Å². The average Bonchev–Trinajstić information content (AvgIpc) is 3.41. The Labute approximate surface area is 159 Å². The molecule has 3 saturated heterocycles. The monoisotopic (exact) mass is 373 g/mol. The quantitative estimate of drug-likeness (QED) is 0.862. The van der Waals surface area contributed by atoms with Gasteiger partial charge in [0.1, 0.15) is 0 Å². The molecule has 4 aliphatic rings. The summed E-state index contributed by atoms with van der Waals surface area (Å²) in [5.41, 5.74) is 0.450. The lowest BCUT2D eigenvalue weighted by atomic mass is 9.73. The topological polar surface area (TPSA) is 54.5 Å². The first kappa shape index (κ1) is 17.4. The van der Waals surface area contributed by atoms with Crippen molar-refractivity contribution in [2.24, 2.45) is 17.8 Å². The van der Waals surface area contributed by atoms with Crippen molar-refractivity contribution in [1.29, 1.82) is 0 Å². The normalized spacial score (nSPS) is 35.0. The molecule has 1 amide bonds. The van der Waals surface area contributed by atoms with Crippen LogP contribution in [0.3, 0.4) is 0 Å². The molecule has 0 unspecified atom stereocenters. The average molecular weight is 373 g/mol. The summed E-state index contributed by atoms with van der Waals surface area (Å²) in [4.78, 5) is 18.3. The molecule has 1 aliphatic carbocycles. The Kier molecular flexibility index (Phi) is 4.34. The number of amides is 1. The van der Waals surface area contributed by atoms with Gasteiger partial charge in [0.05, 0.1) is 23.6 Å². The van der Waals surface area contributed by atoms with E-state index in [9.17, 15) is 9.18 Å². The van der Waals surface area contributed by atoms with Gasteiger partial charge in [-0.3, -0.25) is 9.78 Å². The molecule has 4 fully saturated rings. The Balaban J connectivity index is 1.24. The van der Waals surface area contributed by atoms with Crippen LogP contribution in [0.4, 0.5) is 10.1 Å². The number of aromatic nitrogens is 1. The Morgan fingerprint density at radius 2 is 2.22 bits per heavy atom. The molecule has 1 aromatic heterocycles. The fourth-order valence-electron chi connectivity index (χ4n) is 6.05. The Bertz CT molecular complexity index is 723. The van der Waals surface area contributed by atoms with Gasteiger partial charge < -0.3 is 15.0 Å². The Morgan fingerprint density at radius 1 is 1.37 bits per heavy atom. The largest absolute Gasteiger partial charge is 0.369 e. The fraction of sp³-hybridized carbons (Fsp3) is 0.714. The third-order valence-electron chi connectivity index (χ3n) is 7.36. The second-order valence-corrected chi connectivity index (χ2v) is 8.90. The van der Waals surface area contributed by atoms with Gasteiger partial charge in [0.25, 0.3) is 0 Å². The number of ether oxygens (including phenoxy) is 1. The van der Waals surface area contributed by atoms with Crippen molar-refractivity contribution in [3.05, 3.63) is 24.3 Å². The summed E-state index contributed by atoms with van der Waals surface area (Å²) in [6.07, 6.45) is 10.8. The molecule has 2 bridgehead atoms. The van der Waals surface area contributed by atoms with Crippen molar-refractivity contribution in [2.45, 2.75) is 56.7 Å². The fourth-order valence-corrected chi connectivity index (χ4v) is 6.05. The van der Waals surface area contributed by atoms with Crippen LogP contribution in [0, 0.1) is 23.6 Å². The van der Waals surface area contributed by atoms with E-state index in [1.807, 2.05) is 0 Å². The molecule has 6 heteroatoms. The minimum Gasteiger partial charge on any atom is -0.369 e. The van der Waals surface area contributed by atoms with Gasteiger partial charge in [-0.1, -0.05) is 12.8 Å². The summed E-state index contributed by atoms with van der Waals surface area (Å²) < 4.78 is 20.6. The molecule has 1 spiro atoms. The van der Waals surface area contributed by atoms with Crippen LogP contribution in [0.2, 0.25) is 0 Å². The van der Waals surface area contributed by atoms with E-state index in [0.717, 1.165) is 25.9 Å². The van der Waals surface area contributed by atoms with E-state index in [4.69, 9.17) is 4.74 Å². The number of hydrogen-bond donors (Lipinski definition) is 1. The third-order valence-corrected chi connectivity index (χ3v) is 7.36. The van der Waals surface area contributed by atoms with Crippen LogP contribution in [0.1, 0.15) is 44.9 Å². The molecule has 4 heterocycles. The van der Waals surface area contributed by atoms with Crippen LogP contribution >= 0.6 is 0 Å². The number of rotatable bonds is 5. The van der Waals surface area contributed by atoms with E-state index in [-0.39, 0.29) is 23.4 Å². The van der Waals surface area contributed by atoms with Crippen molar-refractivity contribution in [3.63, 3.8) is 0 Å². The summed E-state index contributed by atoms with van der Waals surface area (Å²) in [6, 6.07) is 1.75. The maximum Gasteiger partial charge on any atom is 0.220 e. The SMILES string of the molecule is O=C(CC1CCCC1)NC[C@H]1[C@H]2CN(c3ccncc3F)C[C@]23CC[C@H]1O3. The van der Waals surface area contributed by atoms with Gasteiger partial charge in [-0.05, 0) is 37.7 Å². The van der Waals surface area contributed by atoms with E-state index in [1.165, 1.54) is 31.9 Å². The minimum absolute atomic E-state index is 0.165. The Hall–Kier alpha value is -1.69. The highest BCUT2D eigenvalue weighted by molar-refractivity contribution is 5.76. The molecule has 5 nitrogen and oxygen atoms in total. The van der Waals surface area contributed by atoms with E-state index < -0.39 is 0 Å². The van der Waals surface area contributed by atoms with Crippen LogP contribution in [0.5, 0.6) is 0 Å². The predicted molar refractivity (Wildman–Crippen MR) is 99.8 cm³/mol. The van der Waals surface area contributed by atoms with Crippen LogP contribution in [-0.2, 0) is 9.53 Å². The number of carbonyl (C=O) groups excluding carboxylic acids is 1.